The Hall–Kier alpha value is -5.18. The molecule has 15 nitrogen and oxygen atoms in total. The van der Waals surface area contributed by atoms with Crippen molar-refractivity contribution >= 4 is 40.5 Å². The molecule has 0 spiro atoms. The van der Waals surface area contributed by atoms with E-state index in [1.54, 1.807) is 41.1 Å². The van der Waals surface area contributed by atoms with Crippen LogP contribution in [0.5, 0.6) is 11.5 Å². The highest BCUT2D eigenvalue weighted by molar-refractivity contribution is 5.84. The van der Waals surface area contributed by atoms with Gasteiger partial charge in [0.2, 0.25) is 12.4 Å². The van der Waals surface area contributed by atoms with Gasteiger partial charge in [-0.15, -0.1) is 0 Å². The lowest BCUT2D eigenvalue weighted by Gasteiger charge is -2.44. The Balaban J connectivity index is 1.71. The first kappa shape index (κ1) is 31.7. The van der Waals surface area contributed by atoms with E-state index in [0.29, 0.717) is 16.6 Å². The number of rotatable bonds is 10. The number of benzene rings is 2. The van der Waals surface area contributed by atoms with E-state index in [0.717, 1.165) is 20.8 Å². The van der Waals surface area contributed by atoms with Gasteiger partial charge in [0.1, 0.15) is 12.7 Å². The SMILES string of the molecule is COc1cc(-n2ccc3cc([N+](=O)[O-])ccc32)ccc1O[C@H]1OC(COC(C)=O)[C@@H](OC(C)=O)C(OC(C)=O)C1OC(C)=O. The lowest BCUT2D eigenvalue weighted by molar-refractivity contribution is -0.384. The minimum Gasteiger partial charge on any atom is -0.493 e. The van der Waals surface area contributed by atoms with Crippen molar-refractivity contribution in [1.29, 1.82) is 0 Å². The van der Waals surface area contributed by atoms with Crippen LogP contribution in [0.1, 0.15) is 27.7 Å². The Kier molecular flexibility index (Phi) is 9.68. The van der Waals surface area contributed by atoms with Gasteiger partial charge in [-0.1, -0.05) is 0 Å². The van der Waals surface area contributed by atoms with Crippen molar-refractivity contribution in [2.24, 2.45) is 0 Å². The van der Waals surface area contributed by atoms with E-state index in [1.807, 2.05) is 0 Å². The molecule has 1 aliphatic heterocycles. The van der Waals surface area contributed by atoms with Crippen LogP contribution in [0.3, 0.4) is 0 Å². The summed E-state index contributed by atoms with van der Waals surface area (Å²) < 4.78 is 40.8. The topological polar surface area (TPSA) is 181 Å². The van der Waals surface area contributed by atoms with Gasteiger partial charge in [0.15, 0.2) is 23.7 Å². The van der Waals surface area contributed by atoms with E-state index in [1.165, 1.54) is 26.2 Å². The minimum absolute atomic E-state index is 0.0404. The van der Waals surface area contributed by atoms with Crippen LogP contribution >= 0.6 is 0 Å². The molecule has 0 bridgehead atoms. The summed E-state index contributed by atoms with van der Waals surface area (Å²) in [6, 6.07) is 11.1. The first-order chi connectivity index (χ1) is 20.9. The summed E-state index contributed by atoms with van der Waals surface area (Å²) in [4.78, 5) is 58.4. The van der Waals surface area contributed by atoms with Gasteiger partial charge in [0.25, 0.3) is 5.69 Å². The fourth-order valence-corrected chi connectivity index (χ4v) is 4.78. The van der Waals surface area contributed by atoms with Gasteiger partial charge in [0, 0.05) is 63.2 Å². The lowest BCUT2D eigenvalue weighted by atomic mass is 9.98. The maximum absolute atomic E-state index is 12.1. The normalized spacial score (nSPS) is 21.2. The molecule has 4 rings (SSSR count). The van der Waals surface area contributed by atoms with E-state index in [9.17, 15) is 29.3 Å². The van der Waals surface area contributed by atoms with Gasteiger partial charge in [-0.2, -0.15) is 0 Å². The molecule has 1 aromatic heterocycles. The van der Waals surface area contributed by atoms with Crippen LogP contribution in [-0.4, -0.2) is 77.8 Å². The van der Waals surface area contributed by atoms with Crippen LogP contribution in [0.25, 0.3) is 16.6 Å². The molecule has 44 heavy (non-hydrogen) atoms. The average molecular weight is 615 g/mol. The second-order valence-electron chi connectivity index (χ2n) is 9.71. The molecular formula is C29H30N2O13. The number of esters is 4. The summed E-state index contributed by atoms with van der Waals surface area (Å²) in [7, 11) is 1.40. The second kappa shape index (κ2) is 13.4. The van der Waals surface area contributed by atoms with Crippen molar-refractivity contribution in [3.63, 3.8) is 0 Å². The molecule has 3 aromatic rings. The molecule has 1 aliphatic rings. The number of nitro groups is 1. The number of carbonyl (C=O) groups is 4. The van der Waals surface area contributed by atoms with E-state index in [-0.39, 0.29) is 17.2 Å². The van der Waals surface area contributed by atoms with Crippen molar-refractivity contribution < 1.29 is 57.3 Å². The van der Waals surface area contributed by atoms with Crippen molar-refractivity contribution in [1.82, 2.24) is 4.57 Å². The van der Waals surface area contributed by atoms with Gasteiger partial charge >= 0.3 is 23.9 Å². The predicted molar refractivity (Wildman–Crippen MR) is 149 cm³/mol. The predicted octanol–water partition coefficient (Wildman–Crippen LogP) is 3.01. The van der Waals surface area contributed by atoms with Crippen LogP contribution in [-0.2, 0) is 42.9 Å². The third-order valence-electron chi connectivity index (χ3n) is 6.50. The molecule has 0 radical (unpaired) electrons. The largest absolute Gasteiger partial charge is 0.493 e. The highest BCUT2D eigenvalue weighted by Gasteiger charge is 2.53. The smallest absolute Gasteiger partial charge is 0.303 e. The van der Waals surface area contributed by atoms with Crippen molar-refractivity contribution in [2.75, 3.05) is 13.7 Å². The van der Waals surface area contributed by atoms with Crippen molar-refractivity contribution in [3.8, 4) is 17.2 Å². The molecule has 0 amide bonds. The molecule has 1 saturated heterocycles. The van der Waals surface area contributed by atoms with Crippen molar-refractivity contribution in [2.45, 2.75) is 58.4 Å². The Morgan fingerprint density at radius 1 is 0.841 bits per heavy atom. The van der Waals surface area contributed by atoms with Crippen LogP contribution in [0, 0.1) is 10.1 Å². The molecule has 0 aliphatic carbocycles. The maximum Gasteiger partial charge on any atom is 0.303 e. The summed E-state index contributed by atoms with van der Waals surface area (Å²) in [6.07, 6.45) is -5.07. The Bertz CT molecular complexity index is 1580. The number of hydrogen-bond donors (Lipinski definition) is 0. The minimum atomic E-state index is -1.46. The Labute approximate surface area is 250 Å². The first-order valence-corrected chi connectivity index (χ1v) is 13.3. The van der Waals surface area contributed by atoms with Gasteiger partial charge in [0.05, 0.1) is 17.5 Å². The highest BCUT2D eigenvalue weighted by atomic mass is 16.7. The summed E-state index contributed by atoms with van der Waals surface area (Å²) in [5, 5.41) is 11.8. The van der Waals surface area contributed by atoms with Gasteiger partial charge < -0.3 is 37.7 Å². The number of nitrogens with zero attached hydrogens (tertiary/aromatic N) is 2. The molecule has 2 aromatic carbocycles. The molecule has 0 N–H and O–H groups in total. The number of ether oxygens (including phenoxy) is 7. The number of hydrogen-bond acceptors (Lipinski definition) is 13. The molecule has 1 fully saturated rings. The standard InChI is InChI=1S/C29H30N2O13/c1-15(32)39-14-25-26(40-16(2)33)27(41-17(3)34)28(42-18(4)35)29(44-25)43-23-9-7-20(13-24(23)38-5)30-11-10-19-12-21(31(36)37)6-8-22(19)30/h6-13,25-29H,14H2,1-5H3/t25?,26-,27?,28?,29+/m1/s1. The van der Waals surface area contributed by atoms with Gasteiger partial charge in [-0.25, -0.2) is 0 Å². The lowest BCUT2D eigenvalue weighted by Crippen LogP contribution is -2.63. The zero-order valence-electron chi connectivity index (χ0n) is 24.4. The molecule has 3 unspecified atom stereocenters. The first-order valence-electron chi connectivity index (χ1n) is 13.3. The number of carbonyl (C=O) groups excluding carboxylic acids is 4. The summed E-state index contributed by atoms with van der Waals surface area (Å²) in [5.41, 5.74) is 1.28. The highest BCUT2D eigenvalue weighted by Crippen LogP contribution is 2.36. The zero-order chi connectivity index (χ0) is 32.1. The van der Waals surface area contributed by atoms with Crippen LogP contribution in [0.4, 0.5) is 5.69 Å². The fourth-order valence-electron chi connectivity index (χ4n) is 4.78. The third-order valence-corrected chi connectivity index (χ3v) is 6.50. The Morgan fingerprint density at radius 3 is 2.11 bits per heavy atom. The van der Waals surface area contributed by atoms with E-state index in [2.05, 4.69) is 0 Å². The molecule has 5 atom stereocenters. The molecular weight excluding hydrogens is 584 g/mol. The van der Waals surface area contributed by atoms with Gasteiger partial charge in [-0.3, -0.25) is 29.3 Å². The van der Waals surface area contributed by atoms with Crippen LogP contribution in [0.15, 0.2) is 48.7 Å². The summed E-state index contributed by atoms with van der Waals surface area (Å²) in [5.74, 6) is -2.60. The van der Waals surface area contributed by atoms with Crippen LogP contribution < -0.4 is 9.47 Å². The quantitative estimate of drug-likeness (QED) is 0.141. The van der Waals surface area contributed by atoms with E-state index in [4.69, 9.17) is 33.2 Å². The third kappa shape index (κ3) is 7.23. The monoisotopic (exact) mass is 614 g/mol. The number of nitro benzene ring substituents is 1. The summed E-state index contributed by atoms with van der Waals surface area (Å²) in [6.45, 7) is 4.13. The Morgan fingerprint density at radius 2 is 1.50 bits per heavy atom. The van der Waals surface area contributed by atoms with E-state index >= 15 is 0 Å². The number of aromatic nitrogens is 1. The number of methoxy groups -OCH3 is 1. The molecule has 2 heterocycles. The number of fused-ring (bicyclic) bond motifs is 1. The number of non-ortho nitro benzene ring substituents is 1. The summed E-state index contributed by atoms with van der Waals surface area (Å²) >= 11 is 0. The second-order valence-corrected chi connectivity index (χ2v) is 9.71. The van der Waals surface area contributed by atoms with E-state index < -0.39 is 66.1 Å². The zero-order valence-corrected chi connectivity index (χ0v) is 24.4. The van der Waals surface area contributed by atoms with Crippen molar-refractivity contribution in [3.05, 3.63) is 58.8 Å². The average Bonchev–Trinajstić information content (AvgIpc) is 3.38. The molecule has 0 saturated carbocycles. The molecule has 234 valence electrons. The van der Waals surface area contributed by atoms with Crippen LogP contribution in [0.2, 0.25) is 0 Å². The fraction of sp³-hybridized carbons (Fsp3) is 0.379. The maximum atomic E-state index is 12.1. The van der Waals surface area contributed by atoms with Gasteiger partial charge in [-0.05, 0) is 24.3 Å². The molecule has 15 heteroatoms.